The monoisotopic (exact) mass is 452 g/mol. The number of aromatic nitrogens is 3. The van der Waals surface area contributed by atoms with Gasteiger partial charge in [-0.2, -0.15) is 0 Å². The van der Waals surface area contributed by atoms with Crippen molar-refractivity contribution in [1.29, 1.82) is 0 Å². The van der Waals surface area contributed by atoms with Gasteiger partial charge in [-0.1, -0.05) is 11.6 Å². The van der Waals surface area contributed by atoms with Gasteiger partial charge in [0.05, 0.1) is 30.7 Å². The minimum atomic E-state index is -0.417. The summed E-state index contributed by atoms with van der Waals surface area (Å²) in [5.74, 6) is 0.235. The summed E-state index contributed by atoms with van der Waals surface area (Å²) < 4.78 is 30.2. The van der Waals surface area contributed by atoms with Crippen LogP contribution in [0.25, 0.3) is 0 Å². The predicted molar refractivity (Wildman–Crippen MR) is 111 cm³/mol. The summed E-state index contributed by atoms with van der Waals surface area (Å²) in [6, 6.07) is 2.79. The molecule has 10 heteroatoms. The molecule has 31 heavy (non-hydrogen) atoms. The van der Waals surface area contributed by atoms with E-state index in [1.807, 2.05) is 6.92 Å². The molecule has 1 aliphatic carbocycles. The third-order valence-electron chi connectivity index (χ3n) is 4.90. The van der Waals surface area contributed by atoms with E-state index in [9.17, 15) is 9.18 Å². The van der Waals surface area contributed by atoms with Crippen LogP contribution in [0.1, 0.15) is 39.3 Å². The molecule has 1 amide bonds. The fourth-order valence-corrected chi connectivity index (χ4v) is 3.69. The Balaban J connectivity index is 1.44. The van der Waals surface area contributed by atoms with Gasteiger partial charge in [0, 0.05) is 13.0 Å². The molecule has 0 radical (unpaired) electrons. The van der Waals surface area contributed by atoms with Crippen molar-refractivity contribution in [2.45, 2.75) is 51.9 Å². The van der Waals surface area contributed by atoms with Crippen molar-refractivity contribution in [2.24, 2.45) is 5.92 Å². The van der Waals surface area contributed by atoms with Crippen LogP contribution in [0, 0.1) is 11.7 Å². The molecule has 3 rings (SSSR count). The summed E-state index contributed by atoms with van der Waals surface area (Å²) in [6.07, 6.45) is 4.10. The molecule has 2 aromatic heterocycles. The van der Waals surface area contributed by atoms with E-state index >= 15 is 0 Å². The Morgan fingerprint density at radius 3 is 2.65 bits per heavy atom. The lowest BCUT2D eigenvalue weighted by molar-refractivity contribution is -0.132. The van der Waals surface area contributed by atoms with Crippen molar-refractivity contribution in [1.82, 2.24) is 20.3 Å². The van der Waals surface area contributed by atoms with Crippen LogP contribution in [-0.2, 0) is 16.1 Å². The first-order chi connectivity index (χ1) is 14.7. The van der Waals surface area contributed by atoms with Crippen molar-refractivity contribution < 1.29 is 23.4 Å². The highest BCUT2D eigenvalue weighted by Crippen LogP contribution is 2.41. The number of carbonyl (C=O) groups is 1. The van der Waals surface area contributed by atoms with E-state index in [-0.39, 0.29) is 40.9 Å². The molecule has 2 aromatic rings. The molecule has 2 heterocycles. The van der Waals surface area contributed by atoms with Gasteiger partial charge in [-0.3, -0.25) is 9.78 Å². The Morgan fingerprint density at radius 1 is 1.29 bits per heavy atom. The van der Waals surface area contributed by atoms with Crippen LogP contribution in [0.4, 0.5) is 4.39 Å². The molecule has 1 fully saturated rings. The highest BCUT2D eigenvalue weighted by atomic mass is 35.5. The van der Waals surface area contributed by atoms with Crippen LogP contribution >= 0.6 is 11.6 Å². The van der Waals surface area contributed by atoms with Gasteiger partial charge in [0.2, 0.25) is 17.7 Å². The average Bonchev–Trinajstić information content (AvgIpc) is 2.70. The molecule has 0 saturated heterocycles. The zero-order valence-electron chi connectivity index (χ0n) is 17.7. The Kier molecular flexibility index (Phi) is 7.61. The van der Waals surface area contributed by atoms with E-state index in [4.69, 9.17) is 25.8 Å². The van der Waals surface area contributed by atoms with Gasteiger partial charge in [-0.05, 0) is 44.7 Å². The molecule has 1 aliphatic rings. The first-order valence-corrected chi connectivity index (χ1v) is 10.4. The predicted octanol–water partition coefficient (Wildman–Crippen LogP) is 3.33. The number of amides is 1. The smallest absolute Gasteiger partial charge is 0.240 e. The van der Waals surface area contributed by atoms with Crippen molar-refractivity contribution in [3.63, 3.8) is 0 Å². The summed E-state index contributed by atoms with van der Waals surface area (Å²) in [5, 5.41) is 2.98. The van der Waals surface area contributed by atoms with Crippen LogP contribution in [0.2, 0.25) is 5.02 Å². The third-order valence-corrected chi connectivity index (χ3v) is 5.22. The first kappa shape index (κ1) is 23.1. The molecule has 0 unspecified atom stereocenters. The Labute approximate surface area is 185 Å². The maximum atomic E-state index is 12.9. The average molecular weight is 453 g/mol. The largest absolute Gasteiger partial charge is 0.476 e. The number of rotatable bonds is 10. The second kappa shape index (κ2) is 10.2. The number of pyridine rings is 1. The Morgan fingerprint density at radius 2 is 2.00 bits per heavy atom. The summed E-state index contributed by atoms with van der Waals surface area (Å²) in [6.45, 7) is 6.44. The Hall–Kier alpha value is -2.52. The zero-order valence-corrected chi connectivity index (χ0v) is 18.5. The van der Waals surface area contributed by atoms with Gasteiger partial charge >= 0.3 is 0 Å². The maximum Gasteiger partial charge on any atom is 0.240 e. The quantitative estimate of drug-likeness (QED) is 0.590. The number of halogens is 2. The molecule has 1 atom stereocenters. The molecule has 168 valence electrons. The molecule has 8 nitrogen and oxygen atoms in total. The highest BCUT2D eigenvalue weighted by molar-refractivity contribution is 6.33. The molecule has 0 bridgehead atoms. The molecule has 0 aliphatic heterocycles. The van der Waals surface area contributed by atoms with Gasteiger partial charge in [-0.15, -0.1) is 0 Å². The molecular formula is C21H26ClFN4O4. The van der Waals surface area contributed by atoms with Crippen molar-refractivity contribution in [3.8, 4) is 11.8 Å². The van der Waals surface area contributed by atoms with Crippen LogP contribution < -0.4 is 14.8 Å². The minimum Gasteiger partial charge on any atom is -0.476 e. The fraction of sp³-hybridized carbons (Fsp3) is 0.524. The zero-order chi connectivity index (χ0) is 22.4. The summed E-state index contributed by atoms with van der Waals surface area (Å²) in [5.41, 5.74) is 0.312. The number of ether oxygens (including phenoxy) is 3. The normalized spacial score (nSPS) is 21.1. The Bertz CT molecular complexity index is 893. The molecule has 0 spiro atoms. The standard InChI is InChI=1S/C21H26ClFN4O4/c1-13(27-14(2)28)9-31-21(3)6-15(7-21)10-29-19-18(22)20(26-12-25-19)30-11-17-5-4-16(23)8-24-17/h4-5,8,12-13,15H,6-7,9-11H2,1-3H3,(H,27,28)/t13-,15?,21?/m0/s1. The lowest BCUT2D eigenvalue weighted by Gasteiger charge is -2.45. The molecule has 0 aromatic carbocycles. The van der Waals surface area contributed by atoms with E-state index in [1.165, 1.54) is 25.4 Å². The van der Waals surface area contributed by atoms with Gasteiger partial charge in [-0.25, -0.2) is 14.4 Å². The van der Waals surface area contributed by atoms with Crippen LogP contribution in [0.3, 0.4) is 0 Å². The van der Waals surface area contributed by atoms with Gasteiger partial charge in [0.25, 0.3) is 0 Å². The first-order valence-electron chi connectivity index (χ1n) is 10.0. The summed E-state index contributed by atoms with van der Waals surface area (Å²) in [7, 11) is 0. The highest BCUT2D eigenvalue weighted by Gasteiger charge is 2.42. The van der Waals surface area contributed by atoms with E-state index in [0.29, 0.717) is 24.8 Å². The number of nitrogens with zero attached hydrogens (tertiary/aromatic N) is 3. The van der Waals surface area contributed by atoms with Crippen molar-refractivity contribution in [2.75, 3.05) is 13.2 Å². The van der Waals surface area contributed by atoms with E-state index < -0.39 is 5.82 Å². The van der Waals surface area contributed by atoms with Crippen LogP contribution in [0.15, 0.2) is 24.7 Å². The summed E-state index contributed by atoms with van der Waals surface area (Å²) in [4.78, 5) is 23.1. The second-order valence-corrected chi connectivity index (χ2v) is 8.38. The third kappa shape index (κ3) is 6.73. The topological polar surface area (TPSA) is 95.5 Å². The SMILES string of the molecule is CC(=O)N[C@@H](C)COC1(C)CC(COc2ncnc(OCc3ccc(F)cn3)c2Cl)C1. The van der Waals surface area contributed by atoms with Gasteiger partial charge in [0.15, 0.2) is 5.02 Å². The van der Waals surface area contributed by atoms with Crippen LogP contribution in [0.5, 0.6) is 11.8 Å². The lowest BCUT2D eigenvalue weighted by Crippen LogP contribution is -2.48. The molecular weight excluding hydrogens is 427 g/mol. The molecule has 1 N–H and O–H groups in total. The van der Waals surface area contributed by atoms with Crippen molar-refractivity contribution in [3.05, 3.63) is 41.2 Å². The molecule has 1 saturated carbocycles. The summed E-state index contributed by atoms with van der Waals surface area (Å²) >= 11 is 6.31. The van der Waals surface area contributed by atoms with Crippen molar-refractivity contribution >= 4 is 17.5 Å². The maximum absolute atomic E-state index is 12.9. The number of nitrogens with one attached hydrogen (secondary N) is 1. The van der Waals surface area contributed by atoms with Crippen LogP contribution in [-0.4, -0.2) is 45.7 Å². The second-order valence-electron chi connectivity index (χ2n) is 8.00. The van der Waals surface area contributed by atoms with Gasteiger partial charge < -0.3 is 19.5 Å². The fourth-order valence-electron chi connectivity index (χ4n) is 3.48. The number of hydrogen-bond donors (Lipinski definition) is 1. The van der Waals surface area contributed by atoms with E-state index in [0.717, 1.165) is 19.0 Å². The van der Waals surface area contributed by atoms with E-state index in [1.54, 1.807) is 0 Å². The minimum absolute atomic E-state index is 0.0343. The lowest BCUT2D eigenvalue weighted by atomic mass is 9.72. The van der Waals surface area contributed by atoms with Gasteiger partial charge in [0.1, 0.15) is 18.8 Å². The number of hydrogen-bond acceptors (Lipinski definition) is 7. The van der Waals surface area contributed by atoms with E-state index in [2.05, 4.69) is 27.2 Å². The number of carbonyl (C=O) groups excluding carboxylic acids is 1.